The number of anilines is 1. The van der Waals surface area contributed by atoms with Gasteiger partial charge in [-0.1, -0.05) is 23.7 Å². The molecular weight excluding hydrogens is 386 g/mol. The number of benzene rings is 2. The summed E-state index contributed by atoms with van der Waals surface area (Å²) in [5, 5.41) is 0.529. The monoisotopic (exact) mass is 403 g/mol. The number of nitrogens with zero attached hydrogens (tertiary/aromatic N) is 1. The summed E-state index contributed by atoms with van der Waals surface area (Å²) >= 11 is 7.30. The molecule has 0 saturated carbocycles. The molecule has 1 amide bonds. The second-order valence-electron chi connectivity index (χ2n) is 6.06. The number of hydrogen-bond acceptors (Lipinski definition) is 5. The van der Waals surface area contributed by atoms with Gasteiger partial charge in [0.25, 0.3) is 0 Å². The minimum Gasteiger partial charge on any atom is -0.454 e. The minimum absolute atomic E-state index is 0.0168. The molecule has 0 spiro atoms. The van der Waals surface area contributed by atoms with Gasteiger partial charge in [0.05, 0.1) is 17.9 Å². The number of thioether (sulfide) groups is 1. The summed E-state index contributed by atoms with van der Waals surface area (Å²) in [7, 11) is 0. The van der Waals surface area contributed by atoms with Gasteiger partial charge in [0.2, 0.25) is 11.7 Å². The van der Waals surface area contributed by atoms with Crippen LogP contribution >= 0.6 is 23.4 Å². The molecule has 140 valence electrons. The van der Waals surface area contributed by atoms with Crippen LogP contribution in [0.1, 0.15) is 23.7 Å². The van der Waals surface area contributed by atoms with Crippen molar-refractivity contribution < 1.29 is 19.1 Å². The van der Waals surface area contributed by atoms with E-state index in [4.69, 9.17) is 16.3 Å². The van der Waals surface area contributed by atoms with E-state index in [2.05, 4.69) is 0 Å². The first-order valence-electron chi connectivity index (χ1n) is 8.47. The van der Waals surface area contributed by atoms with E-state index in [0.29, 0.717) is 16.3 Å². The Morgan fingerprint density at radius 3 is 2.63 bits per heavy atom. The molecule has 7 heteroatoms. The van der Waals surface area contributed by atoms with Gasteiger partial charge >= 0.3 is 5.97 Å². The lowest BCUT2D eigenvalue weighted by Crippen LogP contribution is -2.37. The number of halogens is 1. The van der Waals surface area contributed by atoms with E-state index in [1.54, 1.807) is 29.2 Å². The maximum absolute atomic E-state index is 12.3. The topological polar surface area (TPSA) is 63.7 Å². The highest BCUT2D eigenvalue weighted by Crippen LogP contribution is 2.34. The fourth-order valence-corrected chi connectivity index (χ4v) is 3.82. The second-order valence-corrected chi connectivity index (χ2v) is 7.51. The molecule has 0 saturated heterocycles. The molecule has 0 aromatic heterocycles. The number of para-hydroxylation sites is 1. The molecule has 0 N–H and O–H groups in total. The zero-order valence-electron chi connectivity index (χ0n) is 14.7. The molecule has 0 fully saturated rings. The number of ketones is 1. The van der Waals surface area contributed by atoms with E-state index in [9.17, 15) is 14.4 Å². The zero-order valence-corrected chi connectivity index (χ0v) is 16.3. The van der Waals surface area contributed by atoms with Crippen molar-refractivity contribution in [2.45, 2.75) is 24.3 Å². The molecule has 1 heterocycles. The summed E-state index contributed by atoms with van der Waals surface area (Å²) in [4.78, 5) is 39.3. The molecule has 0 aliphatic carbocycles. The van der Waals surface area contributed by atoms with Crippen LogP contribution in [0.15, 0.2) is 53.4 Å². The molecule has 2 aromatic rings. The van der Waals surface area contributed by atoms with Crippen LogP contribution in [0.25, 0.3) is 0 Å². The zero-order chi connectivity index (χ0) is 19.4. The van der Waals surface area contributed by atoms with E-state index in [0.717, 1.165) is 10.6 Å². The lowest BCUT2D eigenvalue weighted by atomic mass is 10.1. The Morgan fingerprint density at radius 2 is 1.89 bits per heavy atom. The van der Waals surface area contributed by atoms with Gasteiger partial charge in [-0.3, -0.25) is 14.4 Å². The van der Waals surface area contributed by atoms with Crippen LogP contribution in [-0.4, -0.2) is 36.1 Å². The van der Waals surface area contributed by atoms with E-state index < -0.39 is 12.1 Å². The normalized spacial score (nSPS) is 14.4. The Morgan fingerprint density at radius 1 is 1.19 bits per heavy atom. The Labute approximate surface area is 166 Å². The molecule has 3 rings (SSSR count). The van der Waals surface area contributed by atoms with Crippen LogP contribution in [0.2, 0.25) is 5.02 Å². The first-order chi connectivity index (χ1) is 13.0. The van der Waals surface area contributed by atoms with Gasteiger partial charge in [-0.15, -0.1) is 11.8 Å². The number of esters is 1. The highest BCUT2D eigenvalue weighted by molar-refractivity contribution is 8.00. The van der Waals surface area contributed by atoms with E-state index >= 15 is 0 Å². The van der Waals surface area contributed by atoms with Crippen LogP contribution < -0.4 is 4.90 Å². The molecular formula is C20H18ClNO4S. The average molecular weight is 404 g/mol. The molecule has 1 atom stereocenters. The quantitative estimate of drug-likeness (QED) is 0.539. The van der Waals surface area contributed by atoms with Crippen LogP contribution in [0.5, 0.6) is 0 Å². The predicted octanol–water partition coefficient (Wildman–Crippen LogP) is 3.98. The third-order valence-electron chi connectivity index (χ3n) is 4.15. The number of hydrogen-bond donors (Lipinski definition) is 0. The number of carbonyl (C=O) groups is 3. The molecule has 1 aliphatic heterocycles. The summed E-state index contributed by atoms with van der Waals surface area (Å²) in [5.41, 5.74) is 1.23. The standard InChI is InChI=1S/C20H18ClNO4S/c1-13(20(25)14-6-8-15(21)9-7-14)26-19(24)10-11-22-16-4-2-3-5-17(16)27-12-18(22)23/h2-9,13H,10-12H2,1H3/t13-/m1/s1. The van der Waals surface area contributed by atoms with Crippen molar-refractivity contribution in [3.63, 3.8) is 0 Å². The smallest absolute Gasteiger partial charge is 0.308 e. The fourth-order valence-electron chi connectivity index (χ4n) is 2.76. The third kappa shape index (κ3) is 4.70. The van der Waals surface area contributed by atoms with Crippen molar-refractivity contribution in [3.05, 3.63) is 59.1 Å². The van der Waals surface area contributed by atoms with Crippen LogP contribution in [0.3, 0.4) is 0 Å². The van der Waals surface area contributed by atoms with E-state index in [1.807, 2.05) is 24.3 Å². The Bertz CT molecular complexity index is 869. The van der Waals surface area contributed by atoms with Crippen molar-refractivity contribution in [2.24, 2.45) is 0 Å². The van der Waals surface area contributed by atoms with Gasteiger partial charge in [-0.25, -0.2) is 0 Å². The molecule has 0 unspecified atom stereocenters. The van der Waals surface area contributed by atoms with Gasteiger partial charge in [0, 0.05) is 22.0 Å². The second kappa shape index (κ2) is 8.59. The Hall–Kier alpha value is -2.31. The molecule has 0 bridgehead atoms. The summed E-state index contributed by atoms with van der Waals surface area (Å²) in [5.74, 6) is -0.515. The lowest BCUT2D eigenvalue weighted by Gasteiger charge is -2.28. The number of Topliss-reactive ketones (excluding diaryl/α,β-unsaturated/α-hetero) is 1. The fraction of sp³-hybridized carbons (Fsp3) is 0.250. The number of carbonyl (C=O) groups excluding carboxylic acids is 3. The number of rotatable bonds is 6. The van der Waals surface area contributed by atoms with Gasteiger partial charge in [-0.05, 0) is 43.3 Å². The SMILES string of the molecule is C[C@@H](OC(=O)CCN1C(=O)CSc2ccccc21)C(=O)c1ccc(Cl)cc1. The molecule has 2 aromatic carbocycles. The van der Waals surface area contributed by atoms with Crippen molar-refractivity contribution in [1.29, 1.82) is 0 Å². The van der Waals surface area contributed by atoms with Gasteiger partial charge in [0.15, 0.2) is 6.10 Å². The first kappa shape index (κ1) is 19.5. The average Bonchev–Trinajstić information content (AvgIpc) is 2.67. The third-order valence-corrected chi connectivity index (χ3v) is 5.45. The van der Waals surface area contributed by atoms with Crippen molar-refractivity contribution >= 4 is 46.7 Å². The van der Waals surface area contributed by atoms with Gasteiger partial charge < -0.3 is 9.64 Å². The van der Waals surface area contributed by atoms with E-state index in [-0.39, 0.29) is 24.7 Å². The summed E-state index contributed by atoms with van der Waals surface area (Å²) in [6.45, 7) is 1.75. The number of ether oxygens (including phenoxy) is 1. The van der Waals surface area contributed by atoms with Crippen LogP contribution in [0, 0.1) is 0 Å². The maximum Gasteiger partial charge on any atom is 0.308 e. The first-order valence-corrected chi connectivity index (χ1v) is 9.83. The van der Waals surface area contributed by atoms with Crippen molar-refractivity contribution in [3.8, 4) is 0 Å². The Balaban J connectivity index is 1.57. The number of fused-ring (bicyclic) bond motifs is 1. The van der Waals surface area contributed by atoms with Crippen LogP contribution in [0.4, 0.5) is 5.69 Å². The summed E-state index contributed by atoms with van der Waals surface area (Å²) in [6.07, 6.45) is -0.887. The number of amides is 1. The van der Waals surface area contributed by atoms with E-state index in [1.165, 1.54) is 18.7 Å². The summed E-state index contributed by atoms with van der Waals surface area (Å²) in [6, 6.07) is 14.0. The van der Waals surface area contributed by atoms with Gasteiger partial charge in [-0.2, -0.15) is 0 Å². The minimum atomic E-state index is -0.904. The van der Waals surface area contributed by atoms with Crippen LogP contribution in [-0.2, 0) is 14.3 Å². The Kier molecular flexibility index (Phi) is 6.19. The van der Waals surface area contributed by atoms with Gasteiger partial charge in [0.1, 0.15) is 0 Å². The molecule has 5 nitrogen and oxygen atoms in total. The van der Waals surface area contributed by atoms with Crippen molar-refractivity contribution in [1.82, 2.24) is 0 Å². The maximum atomic E-state index is 12.3. The highest BCUT2D eigenvalue weighted by atomic mass is 35.5. The molecule has 1 aliphatic rings. The summed E-state index contributed by atoms with van der Waals surface area (Å²) < 4.78 is 5.25. The largest absolute Gasteiger partial charge is 0.454 e. The molecule has 0 radical (unpaired) electrons. The predicted molar refractivity (Wildman–Crippen MR) is 105 cm³/mol. The highest BCUT2D eigenvalue weighted by Gasteiger charge is 2.26. The lowest BCUT2D eigenvalue weighted by molar-refractivity contribution is -0.146. The van der Waals surface area contributed by atoms with Crippen molar-refractivity contribution in [2.75, 3.05) is 17.2 Å². The molecule has 27 heavy (non-hydrogen) atoms.